The molecular weight excluding hydrogens is 304 g/mol. The molecule has 0 radical (unpaired) electrons. The average molecular weight is 324 g/mol. The average Bonchev–Trinajstić information content (AvgIpc) is 2.52. The fraction of sp³-hybridized carbons (Fsp3) is 0.316. The lowest BCUT2D eigenvalue weighted by Gasteiger charge is -2.08. The number of carbonyl (C=O) groups excluding carboxylic acids is 1. The lowest BCUT2D eigenvalue weighted by atomic mass is 10.0. The molecule has 0 saturated carbocycles. The molecule has 0 amide bonds. The van der Waals surface area contributed by atoms with Gasteiger partial charge in [0, 0.05) is 11.3 Å². The number of ketones is 1. The molecule has 4 heteroatoms. The van der Waals surface area contributed by atoms with Gasteiger partial charge in [-0.3, -0.25) is 4.79 Å². The maximum Gasteiger partial charge on any atom is 0.173 e. The second-order valence-corrected chi connectivity index (χ2v) is 6.83. The highest BCUT2D eigenvalue weighted by Gasteiger charge is 2.13. The van der Waals surface area contributed by atoms with Crippen LogP contribution in [0.15, 0.2) is 35.4 Å². The SMILES string of the molecule is Cc1cc(C)c(C#N)c(SCC(=O)c2ccc(C(C)C)cc2)n1. The number of pyridine rings is 1. The number of benzene rings is 1. The number of hydrogen-bond acceptors (Lipinski definition) is 4. The molecule has 0 aliphatic heterocycles. The monoisotopic (exact) mass is 324 g/mol. The molecule has 1 aromatic heterocycles. The first-order valence-corrected chi connectivity index (χ1v) is 8.55. The van der Waals surface area contributed by atoms with Gasteiger partial charge in [0.05, 0.1) is 11.3 Å². The minimum absolute atomic E-state index is 0.0511. The fourth-order valence-corrected chi connectivity index (χ4v) is 3.31. The summed E-state index contributed by atoms with van der Waals surface area (Å²) in [6.45, 7) is 8.04. The molecule has 0 fully saturated rings. The third-order valence-electron chi connectivity index (χ3n) is 3.66. The number of Topliss-reactive ketones (excluding diaryl/α,β-unsaturated/α-hetero) is 1. The number of carbonyl (C=O) groups is 1. The summed E-state index contributed by atoms with van der Waals surface area (Å²) in [5.74, 6) is 0.785. The van der Waals surface area contributed by atoms with Crippen molar-refractivity contribution in [1.29, 1.82) is 5.26 Å². The summed E-state index contributed by atoms with van der Waals surface area (Å²) in [5, 5.41) is 9.90. The number of rotatable bonds is 5. The zero-order chi connectivity index (χ0) is 17.0. The molecule has 0 atom stereocenters. The van der Waals surface area contributed by atoms with Gasteiger partial charge in [0.15, 0.2) is 5.78 Å². The van der Waals surface area contributed by atoms with Crippen molar-refractivity contribution in [2.45, 2.75) is 38.6 Å². The molecule has 3 nitrogen and oxygen atoms in total. The largest absolute Gasteiger partial charge is 0.293 e. The van der Waals surface area contributed by atoms with Gasteiger partial charge >= 0.3 is 0 Å². The molecule has 0 unspecified atom stereocenters. The van der Waals surface area contributed by atoms with Gasteiger partial charge in [0.25, 0.3) is 0 Å². The Morgan fingerprint density at radius 2 is 1.91 bits per heavy atom. The Labute approximate surface area is 141 Å². The van der Waals surface area contributed by atoms with E-state index in [1.165, 1.54) is 17.3 Å². The van der Waals surface area contributed by atoms with E-state index in [1.807, 2.05) is 44.2 Å². The Bertz CT molecular complexity index is 758. The van der Waals surface area contributed by atoms with Gasteiger partial charge in [-0.1, -0.05) is 49.9 Å². The van der Waals surface area contributed by atoms with Gasteiger partial charge < -0.3 is 0 Å². The van der Waals surface area contributed by atoms with Gasteiger partial charge in [-0.15, -0.1) is 0 Å². The number of aromatic nitrogens is 1. The van der Waals surface area contributed by atoms with Crippen molar-refractivity contribution in [3.63, 3.8) is 0 Å². The van der Waals surface area contributed by atoms with E-state index in [0.29, 0.717) is 22.1 Å². The number of hydrogen-bond donors (Lipinski definition) is 0. The summed E-state index contributed by atoms with van der Waals surface area (Å²) in [6.07, 6.45) is 0. The first kappa shape index (κ1) is 17.2. The lowest BCUT2D eigenvalue weighted by Crippen LogP contribution is -2.04. The predicted molar refractivity (Wildman–Crippen MR) is 94.0 cm³/mol. The van der Waals surface area contributed by atoms with Crippen LogP contribution in [0.4, 0.5) is 0 Å². The van der Waals surface area contributed by atoms with Crippen LogP contribution in [0.25, 0.3) is 0 Å². The number of aryl methyl sites for hydroxylation is 2. The molecule has 0 aliphatic carbocycles. The van der Waals surface area contributed by atoms with Crippen molar-refractivity contribution >= 4 is 17.5 Å². The van der Waals surface area contributed by atoms with Gasteiger partial charge in [-0.2, -0.15) is 5.26 Å². The maximum atomic E-state index is 12.3. The highest BCUT2D eigenvalue weighted by atomic mass is 32.2. The Kier molecular flexibility index (Phi) is 5.57. The molecule has 2 rings (SSSR count). The van der Waals surface area contributed by atoms with Crippen molar-refractivity contribution in [2.75, 3.05) is 5.75 Å². The summed E-state index contributed by atoms with van der Waals surface area (Å²) in [7, 11) is 0. The molecule has 0 aliphatic rings. The van der Waals surface area contributed by atoms with Crippen LogP contribution >= 0.6 is 11.8 Å². The standard InChI is InChI=1S/C19H20N2OS/c1-12(2)15-5-7-16(8-6-15)18(22)11-23-19-17(10-20)13(3)9-14(4)21-19/h5-9,12H,11H2,1-4H3. The highest BCUT2D eigenvalue weighted by Crippen LogP contribution is 2.24. The molecule has 118 valence electrons. The highest BCUT2D eigenvalue weighted by molar-refractivity contribution is 8.00. The second-order valence-electron chi connectivity index (χ2n) is 5.86. The van der Waals surface area contributed by atoms with Gasteiger partial charge in [-0.05, 0) is 37.0 Å². The van der Waals surface area contributed by atoms with Crippen LogP contribution in [0.3, 0.4) is 0 Å². The quantitative estimate of drug-likeness (QED) is 0.592. The van der Waals surface area contributed by atoms with Crippen LogP contribution in [0, 0.1) is 25.2 Å². The normalized spacial score (nSPS) is 10.6. The molecule has 0 spiro atoms. The van der Waals surface area contributed by atoms with Crippen molar-refractivity contribution < 1.29 is 4.79 Å². The van der Waals surface area contributed by atoms with E-state index >= 15 is 0 Å². The van der Waals surface area contributed by atoms with Crippen LogP contribution < -0.4 is 0 Å². The van der Waals surface area contributed by atoms with Crippen LogP contribution in [0.2, 0.25) is 0 Å². The molecule has 1 aromatic carbocycles. The topological polar surface area (TPSA) is 53.8 Å². The van der Waals surface area contributed by atoms with Gasteiger partial charge in [0.1, 0.15) is 11.1 Å². The Morgan fingerprint density at radius 3 is 2.48 bits per heavy atom. The van der Waals surface area contributed by atoms with E-state index in [2.05, 4.69) is 24.9 Å². The zero-order valence-electron chi connectivity index (χ0n) is 13.9. The summed E-state index contributed by atoms with van der Waals surface area (Å²) in [6, 6.07) is 11.8. The molecule has 0 bridgehead atoms. The van der Waals surface area contributed by atoms with Crippen molar-refractivity contribution in [3.05, 3.63) is 58.3 Å². The van der Waals surface area contributed by atoms with Crippen molar-refractivity contribution in [1.82, 2.24) is 4.98 Å². The minimum atomic E-state index is 0.0511. The zero-order valence-corrected chi connectivity index (χ0v) is 14.7. The summed E-state index contributed by atoms with van der Waals surface area (Å²) < 4.78 is 0. The summed E-state index contributed by atoms with van der Waals surface area (Å²) >= 11 is 1.33. The minimum Gasteiger partial charge on any atom is -0.293 e. The van der Waals surface area contributed by atoms with Crippen molar-refractivity contribution in [3.8, 4) is 6.07 Å². The number of thioether (sulfide) groups is 1. The van der Waals surface area contributed by atoms with E-state index in [0.717, 1.165) is 11.3 Å². The Hall–Kier alpha value is -2.12. The molecular formula is C19H20N2OS. The van der Waals surface area contributed by atoms with Gasteiger partial charge in [0.2, 0.25) is 0 Å². The maximum absolute atomic E-state index is 12.3. The van der Waals surface area contributed by atoms with E-state index in [9.17, 15) is 10.1 Å². The van der Waals surface area contributed by atoms with E-state index in [1.54, 1.807) is 0 Å². The van der Waals surface area contributed by atoms with Gasteiger partial charge in [-0.25, -0.2) is 4.98 Å². The lowest BCUT2D eigenvalue weighted by molar-refractivity contribution is 0.102. The molecule has 1 heterocycles. The smallest absolute Gasteiger partial charge is 0.173 e. The second kappa shape index (κ2) is 7.43. The third kappa shape index (κ3) is 4.20. The number of nitriles is 1. The van der Waals surface area contributed by atoms with E-state index in [4.69, 9.17) is 0 Å². The van der Waals surface area contributed by atoms with Crippen LogP contribution in [-0.4, -0.2) is 16.5 Å². The first-order valence-electron chi connectivity index (χ1n) is 7.56. The van der Waals surface area contributed by atoms with E-state index < -0.39 is 0 Å². The third-order valence-corrected chi connectivity index (χ3v) is 4.64. The Balaban J connectivity index is 2.12. The molecule has 0 saturated heterocycles. The van der Waals surface area contributed by atoms with Crippen LogP contribution in [0.5, 0.6) is 0 Å². The summed E-state index contributed by atoms with van der Waals surface area (Å²) in [4.78, 5) is 16.7. The molecule has 23 heavy (non-hydrogen) atoms. The van der Waals surface area contributed by atoms with Crippen LogP contribution in [-0.2, 0) is 0 Å². The first-order chi connectivity index (χ1) is 10.9. The summed E-state index contributed by atoms with van der Waals surface area (Å²) in [5.41, 5.74) is 4.24. The predicted octanol–water partition coefficient (Wildman–Crippen LogP) is 4.67. The van der Waals surface area contributed by atoms with Crippen LogP contribution in [0.1, 0.15) is 52.5 Å². The molecule has 2 aromatic rings. The molecule has 0 N–H and O–H groups in total. The van der Waals surface area contributed by atoms with Crippen molar-refractivity contribution in [2.24, 2.45) is 0 Å². The Morgan fingerprint density at radius 1 is 1.26 bits per heavy atom. The fourth-order valence-electron chi connectivity index (χ4n) is 2.31. The number of nitrogens with zero attached hydrogens (tertiary/aromatic N) is 2. The van der Waals surface area contributed by atoms with E-state index in [-0.39, 0.29) is 11.5 Å².